The maximum absolute atomic E-state index is 12.9. The van der Waals surface area contributed by atoms with E-state index in [1.54, 1.807) is 24.3 Å². The molecule has 146 valence electrons. The van der Waals surface area contributed by atoms with Gasteiger partial charge in [0.25, 0.3) is 0 Å². The van der Waals surface area contributed by atoms with Crippen LogP contribution in [-0.4, -0.2) is 83.0 Å². The van der Waals surface area contributed by atoms with Crippen molar-refractivity contribution in [1.82, 2.24) is 4.90 Å². The first-order valence-corrected chi connectivity index (χ1v) is 10.7. The number of imide groups is 1. The minimum absolute atomic E-state index is 0.268. The SMILES string of the molecule is O=C1c2ccccc2C(=O)N1[C@@H]1[C@@H](O)[C@H](O)[C@@H](CO)O[C@H]1[Se]c1ccccc1. The Morgan fingerprint density at radius 3 is 2.04 bits per heavy atom. The van der Waals surface area contributed by atoms with Gasteiger partial charge in [-0.1, -0.05) is 0 Å². The molecule has 0 saturated carbocycles. The normalized spacial score (nSPS) is 29.8. The second-order valence-electron chi connectivity index (χ2n) is 6.65. The van der Waals surface area contributed by atoms with Crippen LogP contribution in [0.25, 0.3) is 0 Å². The predicted octanol–water partition coefficient (Wildman–Crippen LogP) is -0.880. The molecule has 1 fully saturated rings. The maximum atomic E-state index is 12.9. The molecular weight excluding hydrogens is 429 g/mol. The zero-order valence-corrected chi connectivity index (χ0v) is 16.4. The second-order valence-corrected chi connectivity index (χ2v) is 9.11. The number of hydrogen-bond acceptors (Lipinski definition) is 6. The Morgan fingerprint density at radius 1 is 0.893 bits per heavy atom. The van der Waals surface area contributed by atoms with Crippen molar-refractivity contribution in [1.29, 1.82) is 0 Å². The van der Waals surface area contributed by atoms with Gasteiger partial charge in [-0.15, -0.1) is 0 Å². The van der Waals surface area contributed by atoms with Gasteiger partial charge in [-0.2, -0.15) is 0 Å². The first-order valence-electron chi connectivity index (χ1n) is 8.84. The van der Waals surface area contributed by atoms with Crippen molar-refractivity contribution in [2.45, 2.75) is 29.4 Å². The monoisotopic (exact) mass is 449 g/mol. The van der Waals surface area contributed by atoms with Crippen molar-refractivity contribution in [2.24, 2.45) is 0 Å². The number of carbonyl (C=O) groups is 2. The molecule has 0 unspecified atom stereocenters. The van der Waals surface area contributed by atoms with Crippen LogP contribution < -0.4 is 4.46 Å². The molecule has 2 aromatic rings. The van der Waals surface area contributed by atoms with E-state index >= 15 is 0 Å². The summed E-state index contributed by atoms with van der Waals surface area (Å²) in [5.74, 6) is -1.03. The number of rotatable bonds is 4. The van der Waals surface area contributed by atoms with Crippen molar-refractivity contribution in [3.05, 3.63) is 65.7 Å². The number of fused-ring (bicyclic) bond motifs is 1. The van der Waals surface area contributed by atoms with E-state index in [1.165, 1.54) is 0 Å². The molecule has 2 aromatic carbocycles. The van der Waals surface area contributed by atoms with Gasteiger partial charge < -0.3 is 0 Å². The molecule has 4 rings (SSSR count). The molecule has 5 atom stereocenters. The quantitative estimate of drug-likeness (QED) is 0.415. The Labute approximate surface area is 167 Å². The fourth-order valence-corrected chi connectivity index (χ4v) is 6.07. The topological polar surface area (TPSA) is 107 Å². The van der Waals surface area contributed by atoms with Crippen molar-refractivity contribution < 1.29 is 29.6 Å². The molecule has 2 aliphatic rings. The summed E-state index contributed by atoms with van der Waals surface area (Å²) >= 11 is -0.379. The van der Waals surface area contributed by atoms with Gasteiger partial charge in [0.1, 0.15) is 0 Å². The number of hydrogen-bond donors (Lipinski definition) is 3. The van der Waals surface area contributed by atoms with Crippen molar-refractivity contribution in [3.63, 3.8) is 0 Å². The van der Waals surface area contributed by atoms with Crippen LogP contribution in [0, 0.1) is 0 Å². The average Bonchev–Trinajstić information content (AvgIpc) is 2.97. The Kier molecular flexibility index (Phi) is 5.33. The summed E-state index contributed by atoms with van der Waals surface area (Å²) < 4.78 is 6.81. The number of aliphatic hydroxyl groups excluding tert-OH is 3. The Balaban J connectivity index is 1.71. The van der Waals surface area contributed by atoms with Gasteiger partial charge in [0.05, 0.1) is 0 Å². The minimum atomic E-state index is -1.43. The van der Waals surface area contributed by atoms with Crippen LogP contribution in [0.5, 0.6) is 0 Å². The summed E-state index contributed by atoms with van der Waals surface area (Å²) in [5, 5.41) is 30.0. The van der Waals surface area contributed by atoms with Crippen LogP contribution >= 0.6 is 0 Å². The third-order valence-electron chi connectivity index (χ3n) is 4.97. The van der Waals surface area contributed by atoms with Crippen LogP contribution in [-0.2, 0) is 4.74 Å². The molecule has 2 amide bonds. The zero-order chi connectivity index (χ0) is 19.8. The van der Waals surface area contributed by atoms with Crippen LogP contribution in [0.4, 0.5) is 0 Å². The molecule has 0 aromatic heterocycles. The van der Waals surface area contributed by atoms with E-state index in [0.717, 1.165) is 9.36 Å². The molecule has 0 spiro atoms. The summed E-state index contributed by atoms with van der Waals surface area (Å²) in [5.41, 5.74) is 0.536. The van der Waals surface area contributed by atoms with Gasteiger partial charge in [0.15, 0.2) is 0 Å². The van der Waals surface area contributed by atoms with E-state index in [-0.39, 0.29) is 26.1 Å². The second kappa shape index (κ2) is 7.75. The van der Waals surface area contributed by atoms with Gasteiger partial charge in [-0.3, -0.25) is 0 Å². The van der Waals surface area contributed by atoms with E-state index in [4.69, 9.17) is 4.74 Å². The molecule has 8 heteroatoms. The fourth-order valence-electron chi connectivity index (χ4n) is 3.55. The van der Waals surface area contributed by atoms with Gasteiger partial charge in [0, 0.05) is 0 Å². The summed E-state index contributed by atoms with van der Waals surface area (Å²) in [7, 11) is 0. The van der Waals surface area contributed by atoms with E-state index < -0.39 is 47.8 Å². The van der Waals surface area contributed by atoms with Crippen LogP contribution in [0.1, 0.15) is 20.7 Å². The van der Waals surface area contributed by atoms with Crippen LogP contribution in [0.2, 0.25) is 0 Å². The molecule has 0 aliphatic carbocycles. The standard InChI is InChI=1S/C20H19NO6Se/c22-10-14-16(23)17(24)15(20(27-14)28-11-6-2-1-3-7-11)21-18(25)12-8-4-5-9-13(12)19(21)26/h1-9,14-17,20,22-24H,10H2/t14-,15-,16-,17-,20+/m1/s1. The Hall–Kier alpha value is -2.06. The molecule has 1 saturated heterocycles. The van der Waals surface area contributed by atoms with Crippen LogP contribution in [0.15, 0.2) is 54.6 Å². The van der Waals surface area contributed by atoms with Gasteiger partial charge in [-0.25, -0.2) is 0 Å². The molecule has 28 heavy (non-hydrogen) atoms. The number of aliphatic hydroxyl groups is 3. The summed E-state index contributed by atoms with van der Waals surface area (Å²) in [6, 6.07) is 14.8. The zero-order valence-electron chi connectivity index (χ0n) is 14.7. The molecule has 0 bridgehead atoms. The number of carbonyl (C=O) groups excluding carboxylic acids is 2. The first-order chi connectivity index (χ1) is 13.5. The van der Waals surface area contributed by atoms with Crippen molar-refractivity contribution in [2.75, 3.05) is 6.61 Å². The first kappa shape index (κ1) is 19.3. The van der Waals surface area contributed by atoms with Crippen molar-refractivity contribution in [3.8, 4) is 0 Å². The molecule has 2 heterocycles. The average molecular weight is 448 g/mol. The number of benzene rings is 2. The van der Waals surface area contributed by atoms with Crippen molar-refractivity contribution >= 4 is 31.2 Å². The third kappa shape index (κ3) is 3.18. The summed E-state index contributed by atoms with van der Waals surface area (Å²) in [6.45, 7) is -0.478. The number of nitrogens with zero attached hydrogens (tertiary/aromatic N) is 1. The number of ether oxygens (including phenoxy) is 1. The van der Waals surface area contributed by atoms with E-state index in [0.29, 0.717) is 0 Å². The van der Waals surface area contributed by atoms with E-state index in [9.17, 15) is 24.9 Å². The summed E-state index contributed by atoms with van der Waals surface area (Å²) in [6.07, 6.45) is -3.83. The number of amides is 2. The molecule has 0 radical (unpaired) electrons. The van der Waals surface area contributed by atoms with Gasteiger partial charge >= 0.3 is 167 Å². The Morgan fingerprint density at radius 2 is 1.46 bits per heavy atom. The Bertz CT molecular complexity index is 856. The van der Waals surface area contributed by atoms with Gasteiger partial charge in [0.2, 0.25) is 0 Å². The van der Waals surface area contributed by atoms with Crippen LogP contribution in [0.3, 0.4) is 0 Å². The van der Waals surface area contributed by atoms with E-state index in [1.807, 2.05) is 30.3 Å². The third-order valence-corrected chi connectivity index (χ3v) is 7.42. The summed E-state index contributed by atoms with van der Waals surface area (Å²) in [4.78, 5) is 26.8. The predicted molar refractivity (Wildman–Crippen MR) is 100 cm³/mol. The molecule has 3 N–H and O–H groups in total. The molecular formula is C20H19NO6Se. The van der Waals surface area contributed by atoms with E-state index in [2.05, 4.69) is 0 Å². The fraction of sp³-hybridized carbons (Fsp3) is 0.300. The molecule has 7 nitrogen and oxygen atoms in total. The molecule has 2 aliphatic heterocycles. The van der Waals surface area contributed by atoms with Gasteiger partial charge in [-0.05, 0) is 0 Å².